The van der Waals surface area contributed by atoms with Crippen molar-refractivity contribution in [2.24, 2.45) is 7.05 Å². The molecule has 2 bridgehead atoms. The molecule has 2 aliphatic rings. The highest BCUT2D eigenvalue weighted by molar-refractivity contribution is 4.96. The van der Waals surface area contributed by atoms with E-state index in [2.05, 4.69) is 27.3 Å². The van der Waals surface area contributed by atoms with Gasteiger partial charge in [-0.25, -0.2) is 4.98 Å². The summed E-state index contributed by atoms with van der Waals surface area (Å²) >= 11 is 0. The number of rotatable bonds is 4. The van der Waals surface area contributed by atoms with Crippen LogP contribution < -0.4 is 5.32 Å². The second-order valence-electron chi connectivity index (χ2n) is 6.02. The van der Waals surface area contributed by atoms with Gasteiger partial charge >= 0.3 is 0 Å². The van der Waals surface area contributed by atoms with Gasteiger partial charge < -0.3 is 5.32 Å². The predicted octanol–water partition coefficient (Wildman–Crippen LogP) is 0.962. The molecule has 2 saturated heterocycles. The third-order valence-corrected chi connectivity index (χ3v) is 4.77. The van der Waals surface area contributed by atoms with E-state index >= 15 is 0 Å². The van der Waals surface area contributed by atoms with Gasteiger partial charge in [-0.3, -0.25) is 9.58 Å². The van der Waals surface area contributed by atoms with Crippen molar-refractivity contribution in [1.29, 1.82) is 0 Å². The molecule has 1 N–H and O–H groups in total. The van der Waals surface area contributed by atoms with Gasteiger partial charge in [-0.2, -0.15) is 5.10 Å². The maximum Gasteiger partial charge on any atom is 0.151 e. The SMILES string of the molecule is CNC1CC2CCCC(C1)N2CCc1ncn(C)n1. The first kappa shape index (κ1) is 13.1. The molecule has 3 heterocycles. The maximum absolute atomic E-state index is 4.39. The van der Waals surface area contributed by atoms with E-state index in [9.17, 15) is 0 Å². The quantitative estimate of drug-likeness (QED) is 0.879. The summed E-state index contributed by atoms with van der Waals surface area (Å²) in [5, 5.41) is 7.86. The van der Waals surface area contributed by atoms with Crippen LogP contribution in [0.3, 0.4) is 0 Å². The van der Waals surface area contributed by atoms with Crippen LogP contribution in [0.1, 0.15) is 37.9 Å². The Kier molecular flexibility index (Phi) is 3.84. The van der Waals surface area contributed by atoms with Crippen molar-refractivity contribution in [2.75, 3.05) is 13.6 Å². The lowest BCUT2D eigenvalue weighted by atomic mass is 9.81. The van der Waals surface area contributed by atoms with Gasteiger partial charge in [-0.15, -0.1) is 0 Å². The van der Waals surface area contributed by atoms with Crippen molar-refractivity contribution in [2.45, 2.75) is 56.7 Å². The summed E-state index contributed by atoms with van der Waals surface area (Å²) in [6, 6.07) is 2.27. The zero-order chi connectivity index (χ0) is 13.2. The number of piperidine rings is 2. The first-order chi connectivity index (χ1) is 9.26. The molecule has 106 valence electrons. The minimum absolute atomic E-state index is 0.722. The Bertz CT molecular complexity index is 402. The average Bonchev–Trinajstić information content (AvgIpc) is 2.81. The molecule has 5 heteroatoms. The fraction of sp³-hybridized carbons (Fsp3) is 0.857. The molecule has 2 atom stereocenters. The highest BCUT2D eigenvalue weighted by atomic mass is 15.3. The maximum atomic E-state index is 4.39. The molecule has 0 spiro atoms. The molecule has 1 aromatic heterocycles. The van der Waals surface area contributed by atoms with Gasteiger partial charge in [0.2, 0.25) is 0 Å². The number of aryl methyl sites for hydroxylation is 1. The van der Waals surface area contributed by atoms with Gasteiger partial charge in [-0.05, 0) is 32.7 Å². The van der Waals surface area contributed by atoms with E-state index in [-0.39, 0.29) is 0 Å². The number of hydrogen-bond acceptors (Lipinski definition) is 4. The van der Waals surface area contributed by atoms with E-state index in [4.69, 9.17) is 0 Å². The highest BCUT2D eigenvalue weighted by Crippen LogP contribution is 2.33. The predicted molar refractivity (Wildman–Crippen MR) is 74.9 cm³/mol. The van der Waals surface area contributed by atoms with Crippen LogP contribution in [0.2, 0.25) is 0 Å². The van der Waals surface area contributed by atoms with E-state index in [1.165, 1.54) is 32.1 Å². The van der Waals surface area contributed by atoms with Crippen molar-refractivity contribution in [3.63, 3.8) is 0 Å². The highest BCUT2D eigenvalue weighted by Gasteiger charge is 2.37. The van der Waals surface area contributed by atoms with Crippen LogP contribution in [-0.4, -0.2) is 51.4 Å². The van der Waals surface area contributed by atoms with E-state index in [0.717, 1.165) is 36.9 Å². The van der Waals surface area contributed by atoms with Gasteiger partial charge in [0.05, 0.1) is 0 Å². The summed E-state index contributed by atoms with van der Waals surface area (Å²) < 4.78 is 1.80. The summed E-state index contributed by atoms with van der Waals surface area (Å²) in [4.78, 5) is 7.07. The third-order valence-electron chi connectivity index (χ3n) is 4.77. The molecular formula is C14H25N5. The first-order valence-electron chi connectivity index (χ1n) is 7.54. The fourth-order valence-corrected chi connectivity index (χ4v) is 3.81. The van der Waals surface area contributed by atoms with E-state index in [1.807, 2.05) is 7.05 Å². The van der Waals surface area contributed by atoms with Crippen LogP contribution in [0.25, 0.3) is 0 Å². The molecule has 0 saturated carbocycles. The standard InChI is InChI=1S/C14H25N5/c1-15-11-8-12-4-3-5-13(9-11)19(12)7-6-14-16-10-18(2)17-14/h10-13,15H,3-9H2,1-2H3. The van der Waals surface area contributed by atoms with E-state index in [1.54, 1.807) is 11.0 Å². The number of aromatic nitrogens is 3. The zero-order valence-corrected chi connectivity index (χ0v) is 12.0. The lowest BCUT2D eigenvalue weighted by Gasteiger charge is -2.49. The van der Waals surface area contributed by atoms with Gasteiger partial charge in [0, 0.05) is 38.1 Å². The van der Waals surface area contributed by atoms with Crippen molar-refractivity contribution >= 4 is 0 Å². The second kappa shape index (κ2) is 5.59. The molecule has 0 aromatic carbocycles. The Labute approximate surface area is 115 Å². The topological polar surface area (TPSA) is 46.0 Å². The largest absolute Gasteiger partial charge is 0.317 e. The van der Waals surface area contributed by atoms with Crippen LogP contribution in [0, 0.1) is 0 Å². The average molecular weight is 263 g/mol. The Morgan fingerprint density at radius 3 is 2.63 bits per heavy atom. The van der Waals surface area contributed by atoms with Crippen molar-refractivity contribution in [1.82, 2.24) is 25.0 Å². The summed E-state index contributed by atoms with van der Waals surface area (Å²) in [5.41, 5.74) is 0. The Hall–Kier alpha value is -0.940. The minimum atomic E-state index is 0.722. The molecule has 1 aromatic rings. The minimum Gasteiger partial charge on any atom is -0.317 e. The Morgan fingerprint density at radius 1 is 1.32 bits per heavy atom. The lowest BCUT2D eigenvalue weighted by Crippen LogP contribution is -2.56. The van der Waals surface area contributed by atoms with E-state index < -0.39 is 0 Å². The molecule has 2 fully saturated rings. The lowest BCUT2D eigenvalue weighted by molar-refractivity contribution is 0.0267. The Morgan fingerprint density at radius 2 is 2.05 bits per heavy atom. The molecule has 0 amide bonds. The normalized spacial score (nSPS) is 31.6. The van der Waals surface area contributed by atoms with Crippen LogP contribution in [0.15, 0.2) is 6.33 Å². The van der Waals surface area contributed by atoms with Crippen LogP contribution in [0.4, 0.5) is 0 Å². The van der Waals surface area contributed by atoms with Gasteiger partial charge in [-0.1, -0.05) is 6.42 Å². The van der Waals surface area contributed by atoms with Crippen LogP contribution >= 0.6 is 0 Å². The molecule has 0 aliphatic carbocycles. The number of nitrogens with one attached hydrogen (secondary N) is 1. The molecular weight excluding hydrogens is 238 g/mol. The number of hydrogen-bond donors (Lipinski definition) is 1. The number of nitrogens with zero attached hydrogens (tertiary/aromatic N) is 4. The zero-order valence-electron chi connectivity index (χ0n) is 12.0. The van der Waals surface area contributed by atoms with Crippen molar-refractivity contribution < 1.29 is 0 Å². The smallest absolute Gasteiger partial charge is 0.151 e. The van der Waals surface area contributed by atoms with Gasteiger partial charge in [0.1, 0.15) is 6.33 Å². The number of fused-ring (bicyclic) bond motifs is 2. The van der Waals surface area contributed by atoms with Crippen LogP contribution in [-0.2, 0) is 13.5 Å². The molecule has 2 unspecified atom stereocenters. The molecule has 3 rings (SSSR count). The van der Waals surface area contributed by atoms with Crippen LogP contribution in [0.5, 0.6) is 0 Å². The third kappa shape index (κ3) is 2.82. The second-order valence-corrected chi connectivity index (χ2v) is 6.02. The molecule has 0 radical (unpaired) electrons. The fourth-order valence-electron chi connectivity index (χ4n) is 3.81. The molecule has 5 nitrogen and oxygen atoms in total. The summed E-state index contributed by atoms with van der Waals surface area (Å²) in [7, 11) is 4.04. The van der Waals surface area contributed by atoms with Gasteiger partial charge in [0.25, 0.3) is 0 Å². The summed E-state index contributed by atoms with van der Waals surface area (Å²) in [6.45, 7) is 1.12. The van der Waals surface area contributed by atoms with Gasteiger partial charge in [0.15, 0.2) is 5.82 Å². The first-order valence-corrected chi connectivity index (χ1v) is 7.54. The molecule has 2 aliphatic heterocycles. The van der Waals surface area contributed by atoms with E-state index in [0.29, 0.717) is 0 Å². The molecule has 19 heavy (non-hydrogen) atoms. The summed E-state index contributed by atoms with van der Waals surface area (Å²) in [6.07, 6.45) is 9.53. The van der Waals surface area contributed by atoms with Crippen molar-refractivity contribution in [3.8, 4) is 0 Å². The monoisotopic (exact) mass is 263 g/mol. The Balaban J connectivity index is 1.61. The summed E-state index contributed by atoms with van der Waals surface area (Å²) in [5.74, 6) is 0.983. The van der Waals surface area contributed by atoms with Crippen molar-refractivity contribution in [3.05, 3.63) is 12.2 Å².